The van der Waals surface area contributed by atoms with Crippen LogP contribution in [0.25, 0.3) is 0 Å². The lowest BCUT2D eigenvalue weighted by Crippen LogP contribution is -2.39. The van der Waals surface area contributed by atoms with Gasteiger partial charge >= 0.3 is 0 Å². The van der Waals surface area contributed by atoms with Crippen LogP contribution in [0.1, 0.15) is 12.5 Å². The van der Waals surface area contributed by atoms with Crippen molar-refractivity contribution in [3.63, 3.8) is 0 Å². The maximum absolute atomic E-state index is 9.53. The van der Waals surface area contributed by atoms with Gasteiger partial charge in [0.2, 0.25) is 0 Å². The average molecular weight is 236 g/mol. The van der Waals surface area contributed by atoms with E-state index in [1.165, 1.54) is 0 Å². The molecule has 1 unspecified atom stereocenters. The van der Waals surface area contributed by atoms with Crippen LogP contribution in [-0.4, -0.2) is 16.3 Å². The molecule has 0 amide bonds. The predicted molar refractivity (Wildman–Crippen MR) is 70.3 cm³/mol. The molecule has 16 heavy (non-hydrogen) atoms. The van der Waals surface area contributed by atoms with Crippen LogP contribution in [0.2, 0.25) is 0 Å². The lowest BCUT2D eigenvalue weighted by molar-refractivity contribution is 0.467. The van der Waals surface area contributed by atoms with Crippen LogP contribution in [0.15, 0.2) is 36.9 Å². The summed E-state index contributed by atoms with van der Waals surface area (Å²) in [6, 6.07) is 7.29. The van der Waals surface area contributed by atoms with Gasteiger partial charge in [0, 0.05) is 18.2 Å². The van der Waals surface area contributed by atoms with Crippen LogP contribution in [0.3, 0.4) is 0 Å². The number of thiocarbonyl (C=S) groups is 1. The molecule has 1 rings (SSSR count). The summed E-state index contributed by atoms with van der Waals surface area (Å²) in [5.74, 6) is 0.273. The van der Waals surface area contributed by atoms with Crippen molar-refractivity contribution in [3.8, 4) is 5.75 Å². The molecule has 0 radical (unpaired) electrons. The number of para-hydroxylation sites is 1. The van der Waals surface area contributed by atoms with Crippen molar-refractivity contribution in [2.45, 2.75) is 19.5 Å². The molecule has 3 nitrogen and oxygen atoms in total. The Balaban J connectivity index is 2.43. The molecular formula is C12H16N2OS. The third kappa shape index (κ3) is 3.90. The molecule has 0 aromatic heterocycles. The van der Waals surface area contributed by atoms with Gasteiger partial charge < -0.3 is 15.7 Å². The summed E-state index contributed by atoms with van der Waals surface area (Å²) >= 11 is 5.09. The van der Waals surface area contributed by atoms with Gasteiger partial charge in [-0.3, -0.25) is 0 Å². The van der Waals surface area contributed by atoms with Gasteiger partial charge in [0.15, 0.2) is 5.11 Å². The average Bonchev–Trinajstić information content (AvgIpc) is 2.28. The number of phenolic OH excluding ortho intramolecular Hbond substituents is 1. The van der Waals surface area contributed by atoms with E-state index in [0.717, 1.165) is 5.56 Å². The Labute approximate surface area is 101 Å². The summed E-state index contributed by atoms with van der Waals surface area (Å²) in [5, 5.41) is 16.1. The smallest absolute Gasteiger partial charge is 0.167 e. The second kappa shape index (κ2) is 6.12. The predicted octanol–water partition coefficient (Wildman–Crippen LogP) is 1.93. The van der Waals surface area contributed by atoms with Crippen molar-refractivity contribution in [1.29, 1.82) is 0 Å². The Hall–Kier alpha value is -1.55. The summed E-state index contributed by atoms with van der Waals surface area (Å²) < 4.78 is 0. The van der Waals surface area contributed by atoms with Gasteiger partial charge in [0.1, 0.15) is 5.75 Å². The number of hydrogen-bond donors (Lipinski definition) is 3. The van der Waals surface area contributed by atoms with Crippen LogP contribution in [0.5, 0.6) is 5.75 Å². The summed E-state index contributed by atoms with van der Waals surface area (Å²) in [7, 11) is 0. The van der Waals surface area contributed by atoms with Crippen molar-refractivity contribution >= 4 is 17.3 Å². The molecule has 0 aliphatic rings. The third-order valence-corrected chi connectivity index (χ3v) is 2.41. The number of aromatic hydroxyl groups is 1. The zero-order chi connectivity index (χ0) is 12.0. The molecule has 1 atom stereocenters. The van der Waals surface area contributed by atoms with Crippen LogP contribution in [0.4, 0.5) is 0 Å². The first-order valence-electron chi connectivity index (χ1n) is 5.07. The van der Waals surface area contributed by atoms with E-state index >= 15 is 0 Å². The van der Waals surface area contributed by atoms with E-state index < -0.39 is 0 Å². The topological polar surface area (TPSA) is 44.3 Å². The molecule has 4 heteroatoms. The lowest BCUT2D eigenvalue weighted by Gasteiger charge is -2.14. The molecular weight excluding hydrogens is 220 g/mol. The van der Waals surface area contributed by atoms with E-state index in [4.69, 9.17) is 12.2 Å². The van der Waals surface area contributed by atoms with Crippen molar-refractivity contribution < 1.29 is 5.11 Å². The number of rotatable bonds is 4. The molecule has 1 aromatic carbocycles. The fourth-order valence-corrected chi connectivity index (χ4v) is 1.41. The Morgan fingerprint density at radius 3 is 2.88 bits per heavy atom. The largest absolute Gasteiger partial charge is 0.508 e. The first-order chi connectivity index (χ1) is 7.63. The Morgan fingerprint density at radius 2 is 2.25 bits per heavy atom. The molecule has 0 fully saturated rings. The highest BCUT2D eigenvalue weighted by Gasteiger charge is 2.02. The maximum atomic E-state index is 9.53. The molecule has 0 saturated heterocycles. The molecule has 1 aromatic rings. The molecule has 3 N–H and O–H groups in total. The summed E-state index contributed by atoms with van der Waals surface area (Å²) in [5.41, 5.74) is 0.818. The van der Waals surface area contributed by atoms with Gasteiger partial charge in [-0.1, -0.05) is 24.3 Å². The highest BCUT2D eigenvalue weighted by molar-refractivity contribution is 7.80. The standard InChI is InChI=1S/C12H16N2OS/c1-3-9(2)14-12(16)13-8-10-6-4-5-7-11(10)15/h3-7,9,15H,1,8H2,2H3,(H2,13,14,16). The van der Waals surface area contributed by atoms with Gasteiger partial charge in [0.25, 0.3) is 0 Å². The van der Waals surface area contributed by atoms with Crippen LogP contribution in [0, 0.1) is 0 Å². The quantitative estimate of drug-likeness (QED) is 0.552. The first kappa shape index (κ1) is 12.5. The second-order valence-electron chi connectivity index (χ2n) is 3.48. The number of benzene rings is 1. The van der Waals surface area contributed by atoms with E-state index in [0.29, 0.717) is 11.7 Å². The van der Waals surface area contributed by atoms with E-state index in [2.05, 4.69) is 17.2 Å². The van der Waals surface area contributed by atoms with Crippen molar-refractivity contribution in [1.82, 2.24) is 10.6 Å². The minimum atomic E-state index is 0.129. The van der Waals surface area contributed by atoms with Gasteiger partial charge in [-0.25, -0.2) is 0 Å². The first-order valence-corrected chi connectivity index (χ1v) is 5.48. The summed E-state index contributed by atoms with van der Waals surface area (Å²) in [6.45, 7) is 6.12. The van der Waals surface area contributed by atoms with Crippen molar-refractivity contribution in [2.24, 2.45) is 0 Å². The van der Waals surface area contributed by atoms with Gasteiger partial charge in [0.05, 0.1) is 0 Å². The van der Waals surface area contributed by atoms with Crippen molar-refractivity contribution in [3.05, 3.63) is 42.5 Å². The van der Waals surface area contributed by atoms with E-state index in [9.17, 15) is 5.11 Å². The number of hydrogen-bond acceptors (Lipinski definition) is 2. The number of nitrogens with one attached hydrogen (secondary N) is 2. The van der Waals surface area contributed by atoms with Crippen LogP contribution < -0.4 is 10.6 Å². The normalized spacial score (nSPS) is 11.6. The summed E-state index contributed by atoms with van der Waals surface area (Å²) in [6.07, 6.45) is 1.77. The zero-order valence-electron chi connectivity index (χ0n) is 9.23. The highest BCUT2D eigenvalue weighted by atomic mass is 32.1. The van der Waals surface area contributed by atoms with E-state index in [-0.39, 0.29) is 11.8 Å². The van der Waals surface area contributed by atoms with Gasteiger partial charge in [-0.2, -0.15) is 0 Å². The van der Waals surface area contributed by atoms with Crippen molar-refractivity contribution in [2.75, 3.05) is 0 Å². The van der Waals surface area contributed by atoms with Crippen LogP contribution in [-0.2, 0) is 6.54 Å². The lowest BCUT2D eigenvalue weighted by atomic mass is 10.2. The molecule has 0 bridgehead atoms. The molecule has 0 aliphatic carbocycles. The highest BCUT2D eigenvalue weighted by Crippen LogP contribution is 2.14. The Kier molecular flexibility index (Phi) is 4.79. The monoisotopic (exact) mass is 236 g/mol. The molecule has 0 heterocycles. The van der Waals surface area contributed by atoms with Gasteiger partial charge in [-0.05, 0) is 25.2 Å². The SMILES string of the molecule is C=CC(C)NC(=S)NCc1ccccc1O. The maximum Gasteiger partial charge on any atom is 0.167 e. The molecule has 0 spiro atoms. The Morgan fingerprint density at radius 1 is 1.56 bits per heavy atom. The van der Waals surface area contributed by atoms with E-state index in [1.54, 1.807) is 18.2 Å². The second-order valence-corrected chi connectivity index (χ2v) is 3.89. The molecule has 0 aliphatic heterocycles. The fraction of sp³-hybridized carbons (Fsp3) is 0.250. The summed E-state index contributed by atoms with van der Waals surface area (Å²) in [4.78, 5) is 0. The minimum absolute atomic E-state index is 0.129. The van der Waals surface area contributed by atoms with Crippen LogP contribution >= 0.6 is 12.2 Å². The fourth-order valence-electron chi connectivity index (χ4n) is 1.15. The minimum Gasteiger partial charge on any atom is -0.508 e. The van der Waals surface area contributed by atoms with Gasteiger partial charge in [-0.15, -0.1) is 6.58 Å². The Bertz CT molecular complexity index is 379. The van der Waals surface area contributed by atoms with E-state index in [1.807, 2.05) is 19.1 Å². The molecule has 86 valence electrons. The third-order valence-electron chi connectivity index (χ3n) is 2.14. The molecule has 0 saturated carbocycles. The number of phenols is 1. The zero-order valence-corrected chi connectivity index (χ0v) is 10.1.